The van der Waals surface area contributed by atoms with Gasteiger partial charge in [-0.15, -0.1) is 0 Å². The fourth-order valence-electron chi connectivity index (χ4n) is 2.94. The number of nitrogens with two attached hydrogens (primary N) is 1. The number of hydrogen-bond donors (Lipinski definition) is 4. The Morgan fingerprint density at radius 1 is 1.14 bits per heavy atom. The summed E-state index contributed by atoms with van der Waals surface area (Å²) in [4.78, 5) is 20.2. The molecule has 3 rings (SSSR count). The van der Waals surface area contributed by atoms with Crippen LogP contribution in [-0.4, -0.2) is 29.0 Å². The van der Waals surface area contributed by atoms with Gasteiger partial charge in [0.05, 0.1) is 0 Å². The summed E-state index contributed by atoms with van der Waals surface area (Å²) >= 11 is 0. The van der Waals surface area contributed by atoms with Crippen LogP contribution in [-0.2, 0) is 4.79 Å². The van der Waals surface area contributed by atoms with Gasteiger partial charge in [0.25, 0.3) is 5.91 Å². The Bertz CT molecular complexity index is 810. The molecule has 2 aromatic rings. The Kier molecular flexibility index (Phi) is 7.06. The van der Waals surface area contributed by atoms with Crippen molar-refractivity contribution in [3.05, 3.63) is 48.3 Å². The van der Waals surface area contributed by atoms with Crippen molar-refractivity contribution in [1.82, 2.24) is 15.4 Å². The van der Waals surface area contributed by atoms with Gasteiger partial charge in [-0.25, -0.2) is 9.97 Å². The molecule has 8 nitrogen and oxygen atoms in total. The van der Waals surface area contributed by atoms with E-state index in [1.807, 2.05) is 18.2 Å². The van der Waals surface area contributed by atoms with Gasteiger partial charge >= 0.3 is 0 Å². The number of carbonyl (C=O) groups excluding carboxylic acids is 1. The van der Waals surface area contributed by atoms with E-state index in [0.717, 1.165) is 13.0 Å². The highest BCUT2D eigenvalue weighted by Crippen LogP contribution is 2.23. The Hall–Kier alpha value is -3.29. The zero-order valence-corrected chi connectivity index (χ0v) is 15.8. The normalized spacial score (nSPS) is 13.4. The van der Waals surface area contributed by atoms with E-state index in [2.05, 4.69) is 32.2 Å². The number of benzene rings is 1. The van der Waals surface area contributed by atoms with Crippen LogP contribution in [0.4, 0.5) is 17.3 Å². The molecule has 0 saturated heterocycles. The van der Waals surface area contributed by atoms with Gasteiger partial charge < -0.3 is 15.8 Å². The second-order valence-electron chi connectivity index (χ2n) is 6.54. The van der Waals surface area contributed by atoms with Gasteiger partial charge in [-0.3, -0.25) is 15.6 Å². The number of para-hydroxylation sites is 1. The zero-order chi connectivity index (χ0) is 19.6. The molecule has 1 aliphatic rings. The molecule has 0 saturated carbocycles. The van der Waals surface area contributed by atoms with Crippen molar-refractivity contribution in [1.29, 1.82) is 0 Å². The third-order valence-corrected chi connectivity index (χ3v) is 4.44. The molecule has 1 amide bonds. The van der Waals surface area contributed by atoms with Crippen molar-refractivity contribution in [2.45, 2.75) is 32.1 Å². The van der Waals surface area contributed by atoms with Gasteiger partial charge in [0.15, 0.2) is 18.2 Å². The number of nitrogens with one attached hydrogen (secondary N) is 3. The van der Waals surface area contributed by atoms with Crippen LogP contribution in [0.15, 0.2) is 48.3 Å². The monoisotopic (exact) mass is 382 g/mol. The maximum absolute atomic E-state index is 11.9. The summed E-state index contributed by atoms with van der Waals surface area (Å²) in [5.41, 5.74) is 13.2. The Morgan fingerprint density at radius 2 is 1.96 bits per heavy atom. The van der Waals surface area contributed by atoms with Crippen molar-refractivity contribution in [3.63, 3.8) is 0 Å². The van der Waals surface area contributed by atoms with E-state index in [0.29, 0.717) is 23.1 Å². The van der Waals surface area contributed by atoms with Gasteiger partial charge in [-0.2, -0.15) is 0 Å². The summed E-state index contributed by atoms with van der Waals surface area (Å²) in [5, 5.41) is 3.24. The molecule has 1 aliphatic carbocycles. The summed E-state index contributed by atoms with van der Waals surface area (Å²) in [6.45, 7) is 0.631. The lowest BCUT2D eigenvalue weighted by molar-refractivity contribution is -0.122. The maximum atomic E-state index is 11.9. The van der Waals surface area contributed by atoms with Crippen molar-refractivity contribution >= 4 is 23.2 Å². The molecule has 1 aromatic heterocycles. The number of carbonyl (C=O) groups is 1. The fourth-order valence-corrected chi connectivity index (χ4v) is 2.94. The summed E-state index contributed by atoms with van der Waals surface area (Å²) in [6, 6.07) is 9.12. The highest BCUT2D eigenvalue weighted by Gasteiger charge is 2.10. The average molecular weight is 382 g/mol. The molecule has 1 heterocycles. The number of ether oxygens (including phenoxy) is 1. The lowest BCUT2D eigenvalue weighted by Gasteiger charge is -2.15. The molecular weight excluding hydrogens is 356 g/mol. The molecular formula is C20H26N6O2. The number of hydrogen-bond acceptors (Lipinski definition) is 7. The first-order valence-electron chi connectivity index (χ1n) is 9.47. The molecule has 0 atom stereocenters. The second-order valence-corrected chi connectivity index (χ2v) is 6.54. The van der Waals surface area contributed by atoms with E-state index < -0.39 is 0 Å². The maximum Gasteiger partial charge on any atom is 0.276 e. The fraction of sp³-hybridized carbons (Fsp3) is 0.350. The molecule has 5 N–H and O–H groups in total. The minimum absolute atomic E-state index is 0.123. The van der Waals surface area contributed by atoms with Gasteiger partial charge in [-0.1, -0.05) is 29.8 Å². The minimum atomic E-state index is -0.347. The van der Waals surface area contributed by atoms with Crippen LogP contribution in [0.5, 0.6) is 5.75 Å². The van der Waals surface area contributed by atoms with E-state index in [4.69, 9.17) is 10.5 Å². The molecule has 0 fully saturated rings. The Labute approximate surface area is 164 Å². The highest BCUT2D eigenvalue weighted by molar-refractivity contribution is 5.81. The van der Waals surface area contributed by atoms with E-state index in [-0.39, 0.29) is 12.5 Å². The third-order valence-electron chi connectivity index (χ3n) is 4.44. The number of amides is 1. The van der Waals surface area contributed by atoms with Crippen molar-refractivity contribution < 1.29 is 9.53 Å². The van der Waals surface area contributed by atoms with Crippen LogP contribution in [0, 0.1) is 0 Å². The largest absolute Gasteiger partial charge is 0.484 e. The quantitative estimate of drug-likeness (QED) is 0.389. The van der Waals surface area contributed by atoms with E-state index in [9.17, 15) is 4.79 Å². The van der Waals surface area contributed by atoms with Crippen LogP contribution >= 0.6 is 0 Å². The van der Waals surface area contributed by atoms with Crippen molar-refractivity contribution in [2.75, 3.05) is 29.6 Å². The SMILES string of the molecule is Nc1c(NCCC2=CCCCC2)ncnc1NNC(=O)COc1ccccc1. The number of aromatic nitrogens is 2. The summed E-state index contributed by atoms with van der Waals surface area (Å²) in [7, 11) is 0. The number of nitrogen functional groups attached to an aromatic ring is 1. The first kappa shape index (κ1) is 19.5. The van der Waals surface area contributed by atoms with E-state index in [1.165, 1.54) is 37.6 Å². The van der Waals surface area contributed by atoms with Crippen LogP contribution in [0.2, 0.25) is 0 Å². The molecule has 148 valence electrons. The standard InChI is InChI=1S/C20H26N6O2/c21-18-19(22-12-11-15-7-3-1-4-8-15)23-14-24-20(18)26-25-17(27)13-28-16-9-5-2-6-10-16/h2,5-7,9-10,14H,1,3-4,8,11-13,21H2,(H,25,27)(H2,22,23,24,26). The summed E-state index contributed by atoms with van der Waals surface area (Å²) in [6.07, 6.45) is 9.59. The smallest absolute Gasteiger partial charge is 0.276 e. The zero-order valence-electron chi connectivity index (χ0n) is 15.8. The molecule has 0 aliphatic heterocycles. The van der Waals surface area contributed by atoms with Gasteiger partial charge in [0.2, 0.25) is 0 Å². The number of nitrogens with zero attached hydrogens (tertiary/aromatic N) is 2. The second kappa shape index (κ2) is 10.1. The predicted molar refractivity (Wildman–Crippen MR) is 110 cm³/mol. The average Bonchev–Trinajstić information content (AvgIpc) is 2.74. The topological polar surface area (TPSA) is 114 Å². The van der Waals surface area contributed by atoms with E-state index in [1.54, 1.807) is 12.1 Å². The molecule has 0 unspecified atom stereocenters. The summed E-state index contributed by atoms with van der Waals surface area (Å²) < 4.78 is 5.39. The van der Waals surface area contributed by atoms with Crippen LogP contribution in [0.25, 0.3) is 0 Å². The Balaban J connectivity index is 1.45. The van der Waals surface area contributed by atoms with Gasteiger partial charge in [0, 0.05) is 6.54 Å². The first-order valence-corrected chi connectivity index (χ1v) is 9.47. The number of rotatable bonds is 9. The van der Waals surface area contributed by atoms with Gasteiger partial charge in [0.1, 0.15) is 17.8 Å². The molecule has 0 bridgehead atoms. The molecule has 1 aromatic carbocycles. The lowest BCUT2D eigenvalue weighted by atomic mass is 9.97. The minimum Gasteiger partial charge on any atom is -0.484 e. The molecule has 0 spiro atoms. The highest BCUT2D eigenvalue weighted by atomic mass is 16.5. The summed E-state index contributed by atoms with van der Waals surface area (Å²) in [5.74, 6) is 1.16. The Morgan fingerprint density at radius 3 is 2.75 bits per heavy atom. The number of hydrazine groups is 1. The number of allylic oxidation sites excluding steroid dienone is 1. The van der Waals surface area contributed by atoms with E-state index >= 15 is 0 Å². The van der Waals surface area contributed by atoms with Crippen LogP contribution in [0.3, 0.4) is 0 Å². The van der Waals surface area contributed by atoms with Gasteiger partial charge in [-0.05, 0) is 44.2 Å². The molecule has 0 radical (unpaired) electrons. The number of anilines is 3. The lowest BCUT2D eigenvalue weighted by Crippen LogP contribution is -2.34. The first-order chi connectivity index (χ1) is 13.7. The molecule has 8 heteroatoms. The third kappa shape index (κ3) is 5.87. The van der Waals surface area contributed by atoms with Crippen LogP contribution < -0.4 is 26.6 Å². The van der Waals surface area contributed by atoms with Crippen LogP contribution in [0.1, 0.15) is 32.1 Å². The van der Waals surface area contributed by atoms with Crippen molar-refractivity contribution in [3.8, 4) is 5.75 Å². The predicted octanol–water partition coefficient (Wildman–Crippen LogP) is 2.88. The molecule has 28 heavy (non-hydrogen) atoms. The van der Waals surface area contributed by atoms with Crippen molar-refractivity contribution in [2.24, 2.45) is 0 Å².